The Morgan fingerprint density at radius 2 is 2.05 bits per heavy atom. The summed E-state index contributed by atoms with van der Waals surface area (Å²) in [5.74, 6) is -1.00. The van der Waals surface area contributed by atoms with Gasteiger partial charge in [0.1, 0.15) is 0 Å². The van der Waals surface area contributed by atoms with Crippen molar-refractivity contribution in [1.29, 1.82) is 0 Å². The molecule has 1 aromatic rings. The van der Waals surface area contributed by atoms with Crippen LogP contribution in [0.15, 0.2) is 18.2 Å². The van der Waals surface area contributed by atoms with E-state index in [-0.39, 0.29) is 17.4 Å². The minimum atomic E-state index is -0.941. The number of carbonyl (C=O) groups is 2. The number of carboxylic acid groups (broad SMARTS) is 1. The van der Waals surface area contributed by atoms with E-state index in [1.54, 1.807) is 23.1 Å². The van der Waals surface area contributed by atoms with Crippen LogP contribution in [-0.4, -0.2) is 28.4 Å². The van der Waals surface area contributed by atoms with Crippen LogP contribution in [-0.2, 0) is 17.9 Å². The van der Waals surface area contributed by atoms with E-state index in [0.717, 1.165) is 24.0 Å². The largest absolute Gasteiger partial charge is 0.478 e. The monoisotopic (exact) mass is 276 g/mol. The highest BCUT2D eigenvalue weighted by Gasteiger charge is 2.28. The van der Waals surface area contributed by atoms with Crippen molar-refractivity contribution in [3.8, 4) is 0 Å². The molecular formula is C15H20N2O3. The van der Waals surface area contributed by atoms with Gasteiger partial charge in [-0.05, 0) is 29.7 Å². The number of carbonyl (C=O) groups excluding carboxylic acids is 1. The molecule has 108 valence electrons. The van der Waals surface area contributed by atoms with Gasteiger partial charge in [-0.1, -0.05) is 19.4 Å². The van der Waals surface area contributed by atoms with Crippen LogP contribution < -0.4 is 5.73 Å². The van der Waals surface area contributed by atoms with E-state index in [1.165, 1.54) is 0 Å². The molecule has 1 aromatic carbocycles. The van der Waals surface area contributed by atoms with Crippen LogP contribution >= 0.6 is 0 Å². The van der Waals surface area contributed by atoms with Crippen LogP contribution in [0.5, 0.6) is 0 Å². The van der Waals surface area contributed by atoms with Crippen molar-refractivity contribution < 1.29 is 14.7 Å². The maximum Gasteiger partial charge on any atom is 0.335 e. The first-order valence-electron chi connectivity index (χ1n) is 6.90. The van der Waals surface area contributed by atoms with E-state index in [0.29, 0.717) is 19.6 Å². The predicted octanol–water partition coefficient (Wildman–Crippen LogP) is 1.60. The topological polar surface area (TPSA) is 83.6 Å². The number of aromatic carboxylic acids is 1. The average molecular weight is 276 g/mol. The summed E-state index contributed by atoms with van der Waals surface area (Å²) in [6.07, 6.45) is 1.72. The van der Waals surface area contributed by atoms with Crippen LogP contribution in [0.2, 0.25) is 0 Å². The maximum atomic E-state index is 12.4. The fourth-order valence-corrected chi connectivity index (χ4v) is 2.63. The molecule has 20 heavy (non-hydrogen) atoms. The standard InChI is InChI=1S/C15H20N2O3/c1-2-3-11(7-16)14(18)17-8-12-5-4-10(15(19)20)6-13(12)9-17/h4-6,11H,2-3,7-9,16H2,1H3,(H,19,20). The summed E-state index contributed by atoms with van der Waals surface area (Å²) >= 11 is 0. The Balaban J connectivity index is 2.12. The van der Waals surface area contributed by atoms with Crippen molar-refractivity contribution in [2.24, 2.45) is 11.7 Å². The fourth-order valence-electron chi connectivity index (χ4n) is 2.63. The first-order chi connectivity index (χ1) is 9.56. The molecule has 1 aliphatic heterocycles. The van der Waals surface area contributed by atoms with Crippen molar-refractivity contribution in [1.82, 2.24) is 4.90 Å². The van der Waals surface area contributed by atoms with Gasteiger partial charge in [-0.25, -0.2) is 4.79 Å². The number of amides is 1. The second-order valence-corrected chi connectivity index (χ2v) is 5.20. The van der Waals surface area contributed by atoms with Gasteiger partial charge in [0.05, 0.1) is 11.5 Å². The van der Waals surface area contributed by atoms with Crippen LogP contribution in [0.4, 0.5) is 0 Å². The third kappa shape index (κ3) is 2.82. The zero-order valence-electron chi connectivity index (χ0n) is 11.6. The lowest BCUT2D eigenvalue weighted by atomic mass is 10.0. The fraction of sp³-hybridized carbons (Fsp3) is 0.467. The zero-order chi connectivity index (χ0) is 14.7. The number of rotatable bonds is 5. The number of carboxylic acids is 1. The van der Waals surface area contributed by atoms with Gasteiger partial charge in [-0.15, -0.1) is 0 Å². The molecule has 0 spiro atoms. The van der Waals surface area contributed by atoms with E-state index in [4.69, 9.17) is 10.8 Å². The Hall–Kier alpha value is -1.88. The lowest BCUT2D eigenvalue weighted by Gasteiger charge is -2.21. The average Bonchev–Trinajstić information content (AvgIpc) is 2.86. The normalized spacial score (nSPS) is 15.0. The summed E-state index contributed by atoms with van der Waals surface area (Å²) in [6, 6.07) is 5.03. The molecule has 0 radical (unpaired) electrons. The SMILES string of the molecule is CCCC(CN)C(=O)N1Cc2ccc(C(=O)O)cc2C1. The Labute approximate surface area is 118 Å². The van der Waals surface area contributed by atoms with E-state index >= 15 is 0 Å². The quantitative estimate of drug-likeness (QED) is 0.855. The molecule has 0 aromatic heterocycles. The lowest BCUT2D eigenvalue weighted by molar-refractivity contribution is -0.136. The number of fused-ring (bicyclic) bond motifs is 1. The highest BCUT2D eigenvalue weighted by atomic mass is 16.4. The highest BCUT2D eigenvalue weighted by molar-refractivity contribution is 5.88. The van der Waals surface area contributed by atoms with Gasteiger partial charge in [0.25, 0.3) is 0 Å². The molecule has 5 nitrogen and oxygen atoms in total. The smallest absolute Gasteiger partial charge is 0.335 e. The van der Waals surface area contributed by atoms with E-state index < -0.39 is 5.97 Å². The van der Waals surface area contributed by atoms with Crippen molar-refractivity contribution in [2.75, 3.05) is 6.54 Å². The molecule has 0 saturated carbocycles. The number of hydrogen-bond donors (Lipinski definition) is 2. The molecule has 5 heteroatoms. The molecule has 0 aliphatic carbocycles. The molecule has 1 atom stereocenters. The minimum Gasteiger partial charge on any atom is -0.478 e. The van der Waals surface area contributed by atoms with Gasteiger partial charge in [0.15, 0.2) is 0 Å². The van der Waals surface area contributed by atoms with Crippen LogP contribution in [0.3, 0.4) is 0 Å². The summed E-state index contributed by atoms with van der Waals surface area (Å²) in [7, 11) is 0. The van der Waals surface area contributed by atoms with Gasteiger partial charge in [0.2, 0.25) is 5.91 Å². The first kappa shape index (κ1) is 14.5. The third-order valence-electron chi connectivity index (χ3n) is 3.76. The number of nitrogens with two attached hydrogens (primary N) is 1. The number of hydrogen-bond acceptors (Lipinski definition) is 3. The Morgan fingerprint density at radius 1 is 1.35 bits per heavy atom. The van der Waals surface area contributed by atoms with Crippen molar-refractivity contribution in [3.05, 3.63) is 34.9 Å². The Kier molecular flexibility index (Phi) is 4.39. The van der Waals surface area contributed by atoms with E-state index in [1.807, 2.05) is 6.92 Å². The lowest BCUT2D eigenvalue weighted by Crippen LogP contribution is -2.35. The zero-order valence-corrected chi connectivity index (χ0v) is 11.6. The molecule has 0 fully saturated rings. The van der Waals surface area contributed by atoms with Gasteiger partial charge in [-0.2, -0.15) is 0 Å². The summed E-state index contributed by atoms with van der Waals surface area (Å²) in [6.45, 7) is 3.43. The predicted molar refractivity (Wildman–Crippen MR) is 75.1 cm³/mol. The molecular weight excluding hydrogens is 256 g/mol. The third-order valence-corrected chi connectivity index (χ3v) is 3.76. The molecule has 1 amide bonds. The molecule has 1 unspecified atom stereocenters. The van der Waals surface area contributed by atoms with Gasteiger partial charge >= 0.3 is 5.97 Å². The second-order valence-electron chi connectivity index (χ2n) is 5.20. The molecule has 2 rings (SSSR count). The van der Waals surface area contributed by atoms with E-state index in [9.17, 15) is 9.59 Å². The van der Waals surface area contributed by atoms with Crippen molar-refractivity contribution in [2.45, 2.75) is 32.9 Å². The van der Waals surface area contributed by atoms with E-state index in [2.05, 4.69) is 0 Å². The number of nitrogens with zero attached hydrogens (tertiary/aromatic N) is 1. The second kappa shape index (κ2) is 6.05. The summed E-state index contributed by atoms with van der Waals surface area (Å²) in [4.78, 5) is 25.1. The highest BCUT2D eigenvalue weighted by Crippen LogP contribution is 2.26. The minimum absolute atomic E-state index is 0.0717. The maximum absolute atomic E-state index is 12.4. The Bertz CT molecular complexity index is 528. The summed E-state index contributed by atoms with van der Waals surface area (Å²) in [5.41, 5.74) is 7.88. The van der Waals surface area contributed by atoms with Gasteiger partial charge < -0.3 is 15.7 Å². The molecule has 1 aliphatic rings. The van der Waals surface area contributed by atoms with Gasteiger partial charge in [-0.3, -0.25) is 4.79 Å². The first-order valence-corrected chi connectivity index (χ1v) is 6.90. The van der Waals surface area contributed by atoms with Gasteiger partial charge in [0, 0.05) is 19.6 Å². The van der Waals surface area contributed by atoms with Crippen LogP contribution in [0.25, 0.3) is 0 Å². The summed E-state index contributed by atoms with van der Waals surface area (Å²) < 4.78 is 0. The molecule has 1 heterocycles. The summed E-state index contributed by atoms with van der Waals surface area (Å²) in [5, 5.41) is 8.99. The molecule has 0 bridgehead atoms. The van der Waals surface area contributed by atoms with Crippen LogP contribution in [0.1, 0.15) is 41.3 Å². The number of benzene rings is 1. The van der Waals surface area contributed by atoms with Crippen molar-refractivity contribution >= 4 is 11.9 Å². The van der Waals surface area contributed by atoms with Crippen molar-refractivity contribution in [3.63, 3.8) is 0 Å². The van der Waals surface area contributed by atoms with Crippen LogP contribution in [0, 0.1) is 5.92 Å². The molecule has 3 N–H and O–H groups in total. The Morgan fingerprint density at radius 3 is 2.65 bits per heavy atom. The molecule has 0 saturated heterocycles.